The van der Waals surface area contributed by atoms with Gasteiger partial charge >= 0.3 is 11.9 Å². The van der Waals surface area contributed by atoms with Gasteiger partial charge in [0.1, 0.15) is 28.8 Å². The van der Waals surface area contributed by atoms with E-state index in [1.54, 1.807) is 7.11 Å². The fourth-order valence-corrected chi connectivity index (χ4v) is 6.79. The molecule has 2 aromatic carbocycles. The largest absolute Gasteiger partial charge is 0.494 e. The van der Waals surface area contributed by atoms with Gasteiger partial charge in [0.25, 0.3) is 5.91 Å². The van der Waals surface area contributed by atoms with Crippen LogP contribution in [0.15, 0.2) is 67.0 Å². The standard InChI is InChI=1S/C32H36N8O3.C4H4O4/c1-38-25-6-4-3-5-21(25)17-26(38)32(41)36-24-8-7-23(18-27(24)42-2)40-30-29(34-19-35-31(30)33)28(37-40)20-9-13-39(14-10-20)22-11-15-43-16-12-22;5-3(6)1-2-4(7)8/h3-8,17-20,22H,9-16H2,1-2H3,(H,36,41)(H2,33,34,35);1-2H,(H,5,6)(H,7,8)/b;2-1-. The van der Waals surface area contributed by atoms with Gasteiger partial charge in [0.05, 0.1) is 24.2 Å². The van der Waals surface area contributed by atoms with Gasteiger partial charge in [-0.15, -0.1) is 0 Å². The monoisotopic (exact) mass is 696 g/mol. The number of aryl methyl sites for hydroxylation is 1. The molecule has 5 N–H and O–H groups in total. The summed E-state index contributed by atoms with van der Waals surface area (Å²) in [6.07, 6.45) is 6.85. The van der Waals surface area contributed by atoms with Crippen molar-refractivity contribution in [3.8, 4) is 11.4 Å². The van der Waals surface area contributed by atoms with E-state index in [1.807, 2.05) is 64.8 Å². The number of para-hydroxylation sites is 1. The number of aliphatic carboxylic acids is 2. The van der Waals surface area contributed by atoms with Crippen LogP contribution in [0.4, 0.5) is 11.5 Å². The van der Waals surface area contributed by atoms with Crippen LogP contribution in [-0.4, -0.2) is 96.7 Å². The average Bonchev–Trinajstić information content (AvgIpc) is 3.71. The number of amides is 1. The zero-order chi connectivity index (χ0) is 36.1. The van der Waals surface area contributed by atoms with E-state index in [0.29, 0.717) is 46.7 Å². The van der Waals surface area contributed by atoms with E-state index in [4.69, 9.17) is 30.5 Å². The van der Waals surface area contributed by atoms with Crippen molar-refractivity contribution < 1.29 is 34.1 Å². The number of nitrogen functional groups attached to an aromatic ring is 1. The van der Waals surface area contributed by atoms with E-state index < -0.39 is 11.9 Å². The Morgan fingerprint density at radius 3 is 2.35 bits per heavy atom. The molecule has 0 saturated carbocycles. The van der Waals surface area contributed by atoms with Crippen molar-refractivity contribution in [2.24, 2.45) is 7.05 Å². The number of hydrogen-bond donors (Lipinski definition) is 4. The first kappa shape index (κ1) is 35.0. The molecule has 0 aliphatic carbocycles. The summed E-state index contributed by atoms with van der Waals surface area (Å²) in [7, 11) is 3.47. The van der Waals surface area contributed by atoms with Crippen molar-refractivity contribution in [3.05, 3.63) is 78.4 Å². The highest BCUT2D eigenvalue weighted by Crippen LogP contribution is 2.36. The van der Waals surface area contributed by atoms with Crippen molar-refractivity contribution in [1.82, 2.24) is 29.2 Å². The summed E-state index contributed by atoms with van der Waals surface area (Å²) in [6.45, 7) is 3.77. The van der Waals surface area contributed by atoms with Crippen LogP contribution >= 0.6 is 0 Å². The van der Waals surface area contributed by atoms with E-state index in [0.717, 1.165) is 79.8 Å². The fraction of sp³-hybridized carbons (Fsp3) is 0.333. The molecule has 0 atom stereocenters. The van der Waals surface area contributed by atoms with Crippen molar-refractivity contribution in [1.29, 1.82) is 0 Å². The Morgan fingerprint density at radius 2 is 1.69 bits per heavy atom. The summed E-state index contributed by atoms with van der Waals surface area (Å²) in [5, 5.41) is 24.7. The number of aromatic nitrogens is 5. The Labute approximate surface area is 293 Å². The van der Waals surface area contributed by atoms with Crippen LogP contribution in [0.25, 0.3) is 27.6 Å². The molecule has 15 nitrogen and oxygen atoms in total. The molecule has 2 saturated heterocycles. The van der Waals surface area contributed by atoms with Gasteiger partial charge in [0.2, 0.25) is 0 Å². The van der Waals surface area contributed by atoms with E-state index in [1.165, 1.54) is 6.33 Å². The second kappa shape index (κ2) is 15.4. The highest BCUT2D eigenvalue weighted by molar-refractivity contribution is 6.07. The lowest BCUT2D eigenvalue weighted by molar-refractivity contribution is -0.134. The van der Waals surface area contributed by atoms with Gasteiger partial charge < -0.3 is 40.2 Å². The van der Waals surface area contributed by atoms with Crippen LogP contribution in [0.5, 0.6) is 5.75 Å². The number of carbonyl (C=O) groups excluding carboxylic acids is 1. The molecule has 7 rings (SSSR count). The summed E-state index contributed by atoms with van der Waals surface area (Å²) in [5.41, 5.74) is 11.7. The number of nitrogens with zero attached hydrogens (tertiary/aromatic N) is 6. The SMILES string of the molecule is COc1cc(-n2nc(C3CCN(C4CCOCC4)CC3)c3ncnc(N)c32)ccc1NC(=O)c1cc2ccccc2n1C.O=C(O)/C=C\C(=O)O. The molecule has 5 aromatic rings. The number of anilines is 2. The first-order valence-corrected chi connectivity index (χ1v) is 16.6. The third-order valence-corrected chi connectivity index (χ3v) is 9.37. The van der Waals surface area contributed by atoms with Gasteiger partial charge in [-0.3, -0.25) is 4.79 Å². The number of carbonyl (C=O) groups is 3. The minimum Gasteiger partial charge on any atom is -0.494 e. The lowest BCUT2D eigenvalue weighted by Gasteiger charge is -2.38. The van der Waals surface area contributed by atoms with E-state index in [2.05, 4.69) is 20.2 Å². The number of piperidine rings is 1. The Morgan fingerprint density at radius 1 is 0.980 bits per heavy atom. The van der Waals surface area contributed by atoms with Gasteiger partial charge in [-0.2, -0.15) is 5.10 Å². The van der Waals surface area contributed by atoms with Crippen LogP contribution in [0, 0.1) is 0 Å². The highest BCUT2D eigenvalue weighted by Gasteiger charge is 2.31. The summed E-state index contributed by atoms with van der Waals surface area (Å²) in [4.78, 5) is 43.9. The van der Waals surface area contributed by atoms with Crippen molar-refractivity contribution in [3.63, 3.8) is 0 Å². The summed E-state index contributed by atoms with van der Waals surface area (Å²) < 4.78 is 15.0. The van der Waals surface area contributed by atoms with Crippen LogP contribution in [0.3, 0.4) is 0 Å². The van der Waals surface area contributed by atoms with Gasteiger partial charge in [0, 0.05) is 61.3 Å². The lowest BCUT2D eigenvalue weighted by atomic mass is 9.91. The number of benzene rings is 2. The van der Waals surface area contributed by atoms with Crippen LogP contribution in [0.2, 0.25) is 0 Å². The molecule has 0 radical (unpaired) electrons. The lowest BCUT2D eigenvalue weighted by Crippen LogP contribution is -2.43. The molecule has 51 heavy (non-hydrogen) atoms. The molecule has 2 aliphatic rings. The molecular formula is C36H40N8O7. The second-order valence-corrected chi connectivity index (χ2v) is 12.4. The van der Waals surface area contributed by atoms with E-state index in [-0.39, 0.29) is 11.8 Å². The normalized spacial score (nSPS) is 15.9. The van der Waals surface area contributed by atoms with Crippen LogP contribution in [-0.2, 0) is 21.4 Å². The van der Waals surface area contributed by atoms with Crippen molar-refractivity contribution in [2.45, 2.75) is 37.6 Å². The van der Waals surface area contributed by atoms with Gasteiger partial charge in [-0.25, -0.2) is 24.2 Å². The number of carboxylic acid groups (broad SMARTS) is 2. The third-order valence-electron chi connectivity index (χ3n) is 9.37. The van der Waals surface area contributed by atoms with E-state index in [9.17, 15) is 14.4 Å². The zero-order valence-electron chi connectivity index (χ0n) is 28.4. The highest BCUT2D eigenvalue weighted by atomic mass is 16.5. The molecule has 0 bridgehead atoms. The Balaban J connectivity index is 0.000000503. The maximum absolute atomic E-state index is 13.3. The minimum absolute atomic E-state index is 0.221. The molecule has 2 aliphatic heterocycles. The number of nitrogens with two attached hydrogens (primary N) is 1. The Bertz CT molecular complexity index is 2080. The molecule has 1 amide bonds. The summed E-state index contributed by atoms with van der Waals surface area (Å²) in [5.74, 6) is -1.58. The molecule has 15 heteroatoms. The Hall–Kier alpha value is -5.80. The molecule has 266 valence electrons. The number of carboxylic acids is 2. The first-order valence-electron chi connectivity index (χ1n) is 16.6. The number of fused-ring (bicyclic) bond motifs is 2. The fourth-order valence-electron chi connectivity index (χ4n) is 6.79. The number of rotatable bonds is 8. The van der Waals surface area contributed by atoms with Crippen molar-refractivity contribution in [2.75, 3.05) is 44.5 Å². The van der Waals surface area contributed by atoms with Crippen LogP contribution in [0.1, 0.15) is 47.8 Å². The maximum Gasteiger partial charge on any atom is 0.328 e. The molecule has 5 heterocycles. The number of hydrogen-bond acceptors (Lipinski definition) is 10. The molecular weight excluding hydrogens is 656 g/mol. The summed E-state index contributed by atoms with van der Waals surface area (Å²) >= 11 is 0. The van der Waals surface area contributed by atoms with E-state index >= 15 is 0 Å². The number of nitrogens with one attached hydrogen (secondary N) is 1. The second-order valence-electron chi connectivity index (χ2n) is 12.4. The number of likely N-dealkylation sites (tertiary alicyclic amines) is 1. The van der Waals surface area contributed by atoms with Gasteiger partial charge in [-0.05, 0) is 63.0 Å². The predicted octanol–water partition coefficient (Wildman–Crippen LogP) is 4.22. The quantitative estimate of drug-likeness (QED) is 0.169. The first-order chi connectivity index (χ1) is 24.6. The predicted molar refractivity (Wildman–Crippen MR) is 190 cm³/mol. The topological polar surface area (TPSA) is 200 Å². The van der Waals surface area contributed by atoms with Gasteiger partial charge in [-0.1, -0.05) is 18.2 Å². The third kappa shape index (κ3) is 7.69. The average molecular weight is 697 g/mol. The zero-order valence-corrected chi connectivity index (χ0v) is 28.4. The molecule has 0 spiro atoms. The van der Waals surface area contributed by atoms with Crippen molar-refractivity contribution >= 4 is 51.3 Å². The maximum atomic E-state index is 13.3. The van der Waals surface area contributed by atoms with Gasteiger partial charge in [0.15, 0.2) is 5.82 Å². The smallest absolute Gasteiger partial charge is 0.328 e. The molecule has 0 unspecified atom stereocenters. The number of ether oxygens (including phenoxy) is 2. The minimum atomic E-state index is -1.26. The summed E-state index contributed by atoms with van der Waals surface area (Å²) in [6, 6.07) is 16.0. The number of methoxy groups -OCH3 is 1. The Kier molecular flexibility index (Phi) is 10.6. The van der Waals surface area contributed by atoms with Crippen LogP contribution < -0.4 is 15.8 Å². The molecule has 2 fully saturated rings. The molecule has 3 aromatic heterocycles.